The summed E-state index contributed by atoms with van der Waals surface area (Å²) in [5, 5.41) is 9.11. The van der Waals surface area contributed by atoms with Gasteiger partial charge in [-0.2, -0.15) is 5.26 Å². The first-order chi connectivity index (χ1) is 8.12. The minimum Gasteiger partial charge on any atom is -0.356 e. The first-order valence-corrected chi connectivity index (χ1v) is 6.22. The average molecular weight is 229 g/mol. The van der Waals surface area contributed by atoms with Gasteiger partial charge in [-0.3, -0.25) is 0 Å². The van der Waals surface area contributed by atoms with E-state index in [1.165, 1.54) is 12.8 Å². The van der Waals surface area contributed by atoms with E-state index in [-0.39, 0.29) is 0 Å². The quantitative estimate of drug-likeness (QED) is 0.743. The van der Waals surface area contributed by atoms with Crippen molar-refractivity contribution >= 4 is 5.82 Å². The fraction of sp³-hybridized carbons (Fsp3) is 0.571. The number of aromatic nitrogens is 1. The molecule has 0 amide bonds. The molecule has 3 nitrogen and oxygen atoms in total. The molecule has 90 valence electrons. The fourth-order valence-electron chi connectivity index (χ4n) is 2.37. The van der Waals surface area contributed by atoms with Crippen LogP contribution in [0.25, 0.3) is 0 Å². The van der Waals surface area contributed by atoms with E-state index in [0.717, 1.165) is 25.3 Å². The van der Waals surface area contributed by atoms with E-state index in [2.05, 4.69) is 29.8 Å². The van der Waals surface area contributed by atoms with E-state index in [1.807, 2.05) is 12.1 Å². The van der Waals surface area contributed by atoms with Gasteiger partial charge in [0.25, 0.3) is 0 Å². The monoisotopic (exact) mass is 229 g/mol. The Kier molecular flexibility index (Phi) is 3.33. The Morgan fingerprint density at radius 2 is 2.18 bits per heavy atom. The molecule has 17 heavy (non-hydrogen) atoms. The van der Waals surface area contributed by atoms with E-state index in [1.54, 1.807) is 6.20 Å². The molecular formula is C14H19N3. The summed E-state index contributed by atoms with van der Waals surface area (Å²) in [6, 6.07) is 5.90. The van der Waals surface area contributed by atoms with Crippen molar-refractivity contribution in [3.05, 3.63) is 23.9 Å². The highest BCUT2D eigenvalue weighted by molar-refractivity contribution is 5.53. The summed E-state index contributed by atoms with van der Waals surface area (Å²) in [5.41, 5.74) is 1.10. The highest BCUT2D eigenvalue weighted by atomic mass is 15.2. The van der Waals surface area contributed by atoms with Gasteiger partial charge in [0.1, 0.15) is 11.9 Å². The third kappa shape index (κ3) is 2.76. The molecule has 0 radical (unpaired) electrons. The van der Waals surface area contributed by atoms with Crippen LogP contribution >= 0.6 is 0 Å². The molecule has 1 aliphatic heterocycles. The summed E-state index contributed by atoms with van der Waals surface area (Å²) >= 11 is 0. The van der Waals surface area contributed by atoms with Gasteiger partial charge in [0.15, 0.2) is 0 Å². The highest BCUT2D eigenvalue weighted by Crippen LogP contribution is 2.31. The Morgan fingerprint density at radius 3 is 2.94 bits per heavy atom. The molecule has 1 aromatic rings. The second kappa shape index (κ2) is 4.75. The van der Waals surface area contributed by atoms with Crippen LogP contribution in [-0.2, 0) is 0 Å². The van der Waals surface area contributed by atoms with Crippen molar-refractivity contribution in [2.75, 3.05) is 18.0 Å². The smallest absolute Gasteiger partial charge is 0.146 e. The van der Waals surface area contributed by atoms with Gasteiger partial charge in [-0.05, 0) is 36.8 Å². The predicted octanol–water partition coefficient (Wildman–Crippen LogP) is 2.97. The summed E-state index contributed by atoms with van der Waals surface area (Å²) in [4.78, 5) is 6.62. The van der Waals surface area contributed by atoms with Crippen LogP contribution in [0, 0.1) is 16.7 Å². The van der Waals surface area contributed by atoms with E-state index in [4.69, 9.17) is 5.26 Å². The number of anilines is 1. The maximum Gasteiger partial charge on any atom is 0.146 e. The molecule has 1 aromatic heterocycles. The molecule has 0 spiro atoms. The van der Waals surface area contributed by atoms with Gasteiger partial charge in [-0.15, -0.1) is 0 Å². The van der Waals surface area contributed by atoms with Gasteiger partial charge in [0, 0.05) is 19.3 Å². The van der Waals surface area contributed by atoms with Crippen molar-refractivity contribution in [2.24, 2.45) is 5.41 Å². The second-order valence-corrected chi connectivity index (χ2v) is 5.49. The van der Waals surface area contributed by atoms with Crippen molar-refractivity contribution in [3.8, 4) is 6.07 Å². The largest absolute Gasteiger partial charge is 0.356 e. The first kappa shape index (κ1) is 11.9. The SMILES string of the molecule is CC1(C)CCCN(c2ncccc2C#N)CC1. The molecular weight excluding hydrogens is 210 g/mol. The molecule has 0 N–H and O–H groups in total. The highest BCUT2D eigenvalue weighted by Gasteiger charge is 2.24. The van der Waals surface area contributed by atoms with Gasteiger partial charge in [0.05, 0.1) is 5.56 Å². The van der Waals surface area contributed by atoms with Crippen LogP contribution in [-0.4, -0.2) is 18.1 Å². The van der Waals surface area contributed by atoms with Crippen LogP contribution in [0.3, 0.4) is 0 Å². The van der Waals surface area contributed by atoms with Gasteiger partial charge < -0.3 is 4.90 Å². The number of rotatable bonds is 1. The molecule has 0 saturated carbocycles. The Morgan fingerprint density at radius 1 is 1.35 bits per heavy atom. The summed E-state index contributed by atoms with van der Waals surface area (Å²) in [6.07, 6.45) is 5.35. The van der Waals surface area contributed by atoms with Crippen LogP contribution < -0.4 is 4.90 Å². The average Bonchev–Trinajstić information content (AvgIpc) is 2.50. The van der Waals surface area contributed by atoms with E-state index >= 15 is 0 Å². The maximum absolute atomic E-state index is 9.11. The second-order valence-electron chi connectivity index (χ2n) is 5.49. The van der Waals surface area contributed by atoms with Gasteiger partial charge >= 0.3 is 0 Å². The molecule has 2 rings (SSSR count). The lowest BCUT2D eigenvalue weighted by atomic mass is 9.85. The molecule has 0 bridgehead atoms. The van der Waals surface area contributed by atoms with Gasteiger partial charge in [0.2, 0.25) is 0 Å². The molecule has 1 saturated heterocycles. The normalized spacial score (nSPS) is 19.5. The van der Waals surface area contributed by atoms with Crippen molar-refractivity contribution in [1.82, 2.24) is 4.98 Å². The molecule has 3 heteroatoms. The standard InChI is InChI=1S/C14H19N3/c1-14(2)6-4-9-17(10-7-14)13-12(11-15)5-3-8-16-13/h3,5,8H,4,6-7,9-10H2,1-2H3. The molecule has 1 fully saturated rings. The third-order valence-electron chi connectivity index (χ3n) is 3.55. The number of nitrogens with zero attached hydrogens (tertiary/aromatic N) is 3. The van der Waals surface area contributed by atoms with Crippen molar-refractivity contribution < 1.29 is 0 Å². The Labute approximate surface area is 103 Å². The number of hydrogen-bond acceptors (Lipinski definition) is 3. The van der Waals surface area contributed by atoms with Crippen LogP contribution in [0.15, 0.2) is 18.3 Å². The van der Waals surface area contributed by atoms with Crippen molar-refractivity contribution in [3.63, 3.8) is 0 Å². The number of hydrogen-bond donors (Lipinski definition) is 0. The Balaban J connectivity index is 2.20. The van der Waals surface area contributed by atoms with Gasteiger partial charge in [-0.25, -0.2) is 4.98 Å². The summed E-state index contributed by atoms with van der Waals surface area (Å²) in [7, 11) is 0. The van der Waals surface area contributed by atoms with Crippen LogP contribution in [0.4, 0.5) is 5.82 Å². The van der Waals surface area contributed by atoms with Gasteiger partial charge in [-0.1, -0.05) is 13.8 Å². The van der Waals surface area contributed by atoms with Crippen molar-refractivity contribution in [1.29, 1.82) is 5.26 Å². The number of nitriles is 1. The molecule has 0 aromatic carbocycles. The Bertz CT molecular complexity index is 431. The van der Waals surface area contributed by atoms with Crippen LogP contribution in [0.2, 0.25) is 0 Å². The maximum atomic E-state index is 9.11. The molecule has 0 unspecified atom stereocenters. The third-order valence-corrected chi connectivity index (χ3v) is 3.55. The van der Waals surface area contributed by atoms with E-state index in [0.29, 0.717) is 11.0 Å². The molecule has 2 heterocycles. The lowest BCUT2D eigenvalue weighted by molar-refractivity contribution is 0.325. The van der Waals surface area contributed by atoms with E-state index < -0.39 is 0 Å². The summed E-state index contributed by atoms with van der Waals surface area (Å²) in [5.74, 6) is 0.854. The minimum absolute atomic E-state index is 0.413. The zero-order valence-electron chi connectivity index (χ0n) is 10.6. The summed E-state index contributed by atoms with van der Waals surface area (Å²) in [6.45, 7) is 6.65. The van der Waals surface area contributed by atoms with Crippen molar-refractivity contribution in [2.45, 2.75) is 33.1 Å². The summed E-state index contributed by atoms with van der Waals surface area (Å²) < 4.78 is 0. The number of pyridine rings is 1. The topological polar surface area (TPSA) is 39.9 Å². The van der Waals surface area contributed by atoms with E-state index in [9.17, 15) is 0 Å². The zero-order chi connectivity index (χ0) is 12.3. The molecule has 0 atom stereocenters. The lowest BCUT2D eigenvalue weighted by Crippen LogP contribution is -2.26. The lowest BCUT2D eigenvalue weighted by Gasteiger charge is -2.24. The fourth-order valence-corrected chi connectivity index (χ4v) is 2.37. The minimum atomic E-state index is 0.413. The Hall–Kier alpha value is -1.56. The van der Waals surface area contributed by atoms with Crippen LogP contribution in [0.1, 0.15) is 38.7 Å². The molecule has 0 aliphatic carbocycles. The van der Waals surface area contributed by atoms with Crippen LogP contribution in [0.5, 0.6) is 0 Å². The zero-order valence-corrected chi connectivity index (χ0v) is 10.6. The predicted molar refractivity (Wildman–Crippen MR) is 68.8 cm³/mol. The first-order valence-electron chi connectivity index (χ1n) is 6.22. The molecule has 1 aliphatic rings.